The van der Waals surface area contributed by atoms with Crippen molar-refractivity contribution in [2.75, 3.05) is 13.1 Å². The number of hydrogen-bond acceptors (Lipinski definition) is 3. The maximum Gasteiger partial charge on any atom is 0.317 e. The quantitative estimate of drug-likeness (QED) is 0.650. The number of carboxylic acid groups (broad SMARTS) is 1. The molecular formula is C23H23NO2S. The molecule has 1 aliphatic carbocycles. The summed E-state index contributed by atoms with van der Waals surface area (Å²) < 4.78 is 0. The van der Waals surface area contributed by atoms with Gasteiger partial charge >= 0.3 is 5.97 Å². The molecule has 0 saturated heterocycles. The summed E-state index contributed by atoms with van der Waals surface area (Å²) in [6, 6.07) is 21.7. The van der Waals surface area contributed by atoms with Crippen LogP contribution in [0.3, 0.4) is 0 Å². The molecule has 3 nitrogen and oxygen atoms in total. The molecule has 27 heavy (non-hydrogen) atoms. The fourth-order valence-corrected chi connectivity index (χ4v) is 4.90. The molecule has 3 aromatic rings. The van der Waals surface area contributed by atoms with Crippen LogP contribution in [0.4, 0.5) is 0 Å². The van der Waals surface area contributed by atoms with Crippen molar-refractivity contribution < 1.29 is 9.90 Å². The van der Waals surface area contributed by atoms with Crippen molar-refractivity contribution in [3.8, 4) is 10.4 Å². The molecular weight excluding hydrogens is 354 g/mol. The predicted octanol–water partition coefficient (Wildman–Crippen LogP) is 4.78. The Labute approximate surface area is 163 Å². The van der Waals surface area contributed by atoms with Gasteiger partial charge in [0.2, 0.25) is 0 Å². The number of carbonyl (C=O) groups is 1. The average Bonchev–Trinajstić information content (AvgIpc) is 3.22. The van der Waals surface area contributed by atoms with Crippen molar-refractivity contribution in [2.45, 2.75) is 18.8 Å². The van der Waals surface area contributed by atoms with Crippen molar-refractivity contribution >= 4 is 17.3 Å². The molecule has 0 saturated carbocycles. The lowest BCUT2D eigenvalue weighted by Gasteiger charge is -2.34. The Balaban J connectivity index is 1.67. The third kappa shape index (κ3) is 3.97. The molecule has 4 rings (SSSR count). The third-order valence-corrected chi connectivity index (χ3v) is 6.30. The Hall–Kier alpha value is -2.43. The van der Waals surface area contributed by atoms with Crippen LogP contribution in [0.25, 0.3) is 10.4 Å². The number of hydrogen-bond donors (Lipinski definition) is 2. The smallest absolute Gasteiger partial charge is 0.317 e. The summed E-state index contributed by atoms with van der Waals surface area (Å²) in [5, 5.41) is 14.2. The Bertz CT molecular complexity index is 905. The second kappa shape index (κ2) is 8.07. The van der Waals surface area contributed by atoms with Gasteiger partial charge in [0.1, 0.15) is 0 Å². The number of nitrogens with one attached hydrogen (secondary N) is 1. The third-order valence-electron chi connectivity index (χ3n) is 5.38. The van der Waals surface area contributed by atoms with Crippen LogP contribution >= 0.6 is 11.3 Å². The van der Waals surface area contributed by atoms with Crippen molar-refractivity contribution in [3.63, 3.8) is 0 Å². The second-order valence-electron chi connectivity index (χ2n) is 7.10. The molecule has 0 amide bonds. The normalized spacial score (nSPS) is 18.8. The zero-order chi connectivity index (χ0) is 18.6. The topological polar surface area (TPSA) is 49.3 Å². The molecule has 0 radical (unpaired) electrons. The van der Waals surface area contributed by atoms with E-state index in [9.17, 15) is 4.79 Å². The Morgan fingerprint density at radius 2 is 1.96 bits per heavy atom. The summed E-state index contributed by atoms with van der Waals surface area (Å²) >= 11 is 1.77. The zero-order valence-electron chi connectivity index (χ0n) is 15.1. The lowest BCUT2D eigenvalue weighted by molar-refractivity contribution is -0.136. The standard InChI is InChI=1S/C23H23NO2S/c25-22(26)15-24-14-19-9-8-17-13-18(21-7-4-12-27-21)10-11-20(17)23(19)16-5-2-1-3-6-16/h1-7,10-13,19,23-24H,8-9,14-15H2,(H,25,26). The molecule has 2 aromatic carbocycles. The maximum atomic E-state index is 10.9. The highest BCUT2D eigenvalue weighted by Crippen LogP contribution is 2.42. The number of aryl methyl sites for hydroxylation is 1. The first kappa shape index (κ1) is 18.0. The van der Waals surface area contributed by atoms with Crippen LogP contribution in [0.15, 0.2) is 66.0 Å². The van der Waals surface area contributed by atoms with Gasteiger partial charge in [-0.3, -0.25) is 4.79 Å². The Kier molecular flexibility index (Phi) is 5.37. The van der Waals surface area contributed by atoms with E-state index in [-0.39, 0.29) is 6.54 Å². The largest absolute Gasteiger partial charge is 0.480 e. The van der Waals surface area contributed by atoms with Gasteiger partial charge in [0.25, 0.3) is 0 Å². The summed E-state index contributed by atoms with van der Waals surface area (Å²) in [7, 11) is 0. The molecule has 4 heteroatoms. The van der Waals surface area contributed by atoms with E-state index >= 15 is 0 Å². The lowest BCUT2D eigenvalue weighted by Crippen LogP contribution is -2.34. The SMILES string of the molecule is O=C(O)CNCC1CCc2cc(-c3cccs3)ccc2C1c1ccccc1. The minimum Gasteiger partial charge on any atom is -0.480 e. The summed E-state index contributed by atoms with van der Waals surface area (Å²) in [6.07, 6.45) is 2.10. The number of rotatable bonds is 6. The van der Waals surface area contributed by atoms with Crippen molar-refractivity contribution in [1.82, 2.24) is 5.32 Å². The average molecular weight is 378 g/mol. The van der Waals surface area contributed by atoms with Gasteiger partial charge in [0.15, 0.2) is 0 Å². The molecule has 1 heterocycles. The fraction of sp³-hybridized carbons (Fsp3) is 0.261. The van der Waals surface area contributed by atoms with Crippen LogP contribution in [0.2, 0.25) is 0 Å². The Morgan fingerprint density at radius 1 is 1.11 bits per heavy atom. The predicted molar refractivity (Wildman–Crippen MR) is 110 cm³/mol. The number of benzene rings is 2. The van der Waals surface area contributed by atoms with E-state index in [1.54, 1.807) is 11.3 Å². The van der Waals surface area contributed by atoms with Crippen LogP contribution in [-0.2, 0) is 11.2 Å². The molecule has 2 unspecified atom stereocenters. The minimum atomic E-state index is -0.803. The van der Waals surface area contributed by atoms with E-state index in [0.717, 1.165) is 19.4 Å². The summed E-state index contributed by atoms with van der Waals surface area (Å²) in [5.74, 6) is -0.108. The van der Waals surface area contributed by atoms with Gasteiger partial charge in [0, 0.05) is 10.8 Å². The van der Waals surface area contributed by atoms with Gasteiger partial charge < -0.3 is 10.4 Å². The first-order valence-electron chi connectivity index (χ1n) is 9.36. The van der Waals surface area contributed by atoms with Crippen LogP contribution in [0.1, 0.15) is 29.0 Å². The molecule has 138 valence electrons. The van der Waals surface area contributed by atoms with E-state index in [2.05, 4.69) is 65.3 Å². The second-order valence-corrected chi connectivity index (χ2v) is 8.05. The zero-order valence-corrected chi connectivity index (χ0v) is 15.9. The molecule has 1 aromatic heterocycles. The lowest BCUT2D eigenvalue weighted by atomic mass is 9.71. The number of aliphatic carboxylic acids is 1. The van der Waals surface area contributed by atoms with Gasteiger partial charge in [0.05, 0.1) is 6.54 Å². The van der Waals surface area contributed by atoms with E-state index in [1.807, 2.05) is 6.07 Å². The Morgan fingerprint density at radius 3 is 2.70 bits per heavy atom. The highest BCUT2D eigenvalue weighted by Gasteiger charge is 2.30. The number of thiophene rings is 1. The van der Waals surface area contributed by atoms with E-state index in [0.29, 0.717) is 11.8 Å². The van der Waals surface area contributed by atoms with Crippen LogP contribution in [0.5, 0.6) is 0 Å². The fourth-order valence-electron chi connectivity index (χ4n) is 4.18. The molecule has 0 spiro atoms. The van der Waals surface area contributed by atoms with Gasteiger partial charge in [-0.1, -0.05) is 54.6 Å². The highest BCUT2D eigenvalue weighted by atomic mass is 32.1. The van der Waals surface area contributed by atoms with Gasteiger partial charge in [-0.25, -0.2) is 0 Å². The summed E-state index contributed by atoms with van der Waals surface area (Å²) in [6.45, 7) is 0.736. The molecule has 0 fully saturated rings. The first-order valence-corrected chi connectivity index (χ1v) is 10.2. The van der Waals surface area contributed by atoms with Crippen molar-refractivity contribution in [3.05, 3.63) is 82.7 Å². The number of carboxylic acids is 1. The van der Waals surface area contributed by atoms with E-state index in [4.69, 9.17) is 5.11 Å². The highest BCUT2D eigenvalue weighted by molar-refractivity contribution is 7.13. The first-order chi connectivity index (χ1) is 13.2. The van der Waals surface area contributed by atoms with Crippen LogP contribution < -0.4 is 5.32 Å². The maximum absolute atomic E-state index is 10.9. The van der Waals surface area contributed by atoms with E-state index in [1.165, 1.54) is 27.1 Å². The van der Waals surface area contributed by atoms with Crippen LogP contribution in [0, 0.1) is 5.92 Å². The van der Waals surface area contributed by atoms with E-state index < -0.39 is 5.97 Å². The van der Waals surface area contributed by atoms with Gasteiger partial charge in [-0.2, -0.15) is 0 Å². The molecule has 2 atom stereocenters. The van der Waals surface area contributed by atoms with Gasteiger partial charge in [-0.05, 0) is 59.0 Å². The summed E-state index contributed by atoms with van der Waals surface area (Å²) in [4.78, 5) is 12.2. The molecule has 0 bridgehead atoms. The van der Waals surface area contributed by atoms with Crippen molar-refractivity contribution in [1.29, 1.82) is 0 Å². The molecule has 2 N–H and O–H groups in total. The van der Waals surface area contributed by atoms with Crippen LogP contribution in [-0.4, -0.2) is 24.2 Å². The number of fused-ring (bicyclic) bond motifs is 1. The monoisotopic (exact) mass is 377 g/mol. The van der Waals surface area contributed by atoms with Gasteiger partial charge in [-0.15, -0.1) is 11.3 Å². The molecule has 1 aliphatic rings. The molecule has 0 aliphatic heterocycles. The van der Waals surface area contributed by atoms with Crippen molar-refractivity contribution in [2.24, 2.45) is 5.92 Å². The minimum absolute atomic E-state index is 0.0161. The summed E-state index contributed by atoms with van der Waals surface area (Å²) in [5.41, 5.74) is 5.40.